The first kappa shape index (κ1) is 14.8. The largest absolute Gasteiger partial charge is 0.314 e. The van der Waals surface area contributed by atoms with Crippen LogP contribution in [-0.4, -0.2) is 30.1 Å². The van der Waals surface area contributed by atoms with E-state index < -0.39 is 0 Å². The smallest absolute Gasteiger partial charge is 0.0548 e. The molecule has 0 amide bonds. The van der Waals surface area contributed by atoms with Crippen LogP contribution in [0.5, 0.6) is 0 Å². The van der Waals surface area contributed by atoms with Gasteiger partial charge in [-0.05, 0) is 46.5 Å². The molecule has 2 nitrogen and oxygen atoms in total. The molecule has 0 bridgehead atoms. The highest BCUT2D eigenvalue weighted by molar-refractivity contribution is 9.10. The predicted octanol–water partition coefficient (Wildman–Crippen LogP) is 4.21. The Bertz CT molecular complexity index is 463. The monoisotopic (exact) mass is 356 g/mol. The minimum atomic E-state index is 0.391. The van der Waals surface area contributed by atoms with Gasteiger partial charge in [-0.1, -0.05) is 36.9 Å². The van der Waals surface area contributed by atoms with Crippen LogP contribution >= 0.6 is 27.5 Å². The van der Waals surface area contributed by atoms with Crippen LogP contribution in [0.3, 0.4) is 0 Å². The zero-order valence-corrected chi connectivity index (χ0v) is 14.1. The van der Waals surface area contributed by atoms with Crippen LogP contribution in [0, 0.1) is 0 Å². The minimum Gasteiger partial charge on any atom is -0.314 e. The fourth-order valence-corrected chi connectivity index (χ4v) is 4.24. The molecule has 1 aliphatic heterocycles. The highest BCUT2D eigenvalue weighted by Gasteiger charge is 2.39. The Labute approximate surface area is 135 Å². The number of hydrogen-bond acceptors (Lipinski definition) is 2. The first-order valence-electron chi connectivity index (χ1n) is 7.59. The first-order valence-corrected chi connectivity index (χ1v) is 8.76. The number of nitrogens with one attached hydrogen (secondary N) is 1. The highest BCUT2D eigenvalue weighted by Crippen LogP contribution is 2.36. The van der Waals surface area contributed by atoms with E-state index in [9.17, 15) is 0 Å². The zero-order chi connectivity index (χ0) is 14.0. The van der Waals surface area contributed by atoms with Gasteiger partial charge in [0, 0.05) is 36.2 Å². The second kappa shape index (κ2) is 6.35. The van der Waals surface area contributed by atoms with Crippen molar-refractivity contribution in [3.8, 4) is 0 Å². The van der Waals surface area contributed by atoms with Gasteiger partial charge < -0.3 is 5.32 Å². The number of benzene rings is 1. The SMILES string of the molecule is Clc1ccc(CN2CCNCC23CCCCC3)cc1Br. The molecule has 20 heavy (non-hydrogen) atoms. The van der Waals surface area contributed by atoms with Gasteiger partial charge in [0.15, 0.2) is 0 Å². The third kappa shape index (κ3) is 3.06. The molecule has 1 heterocycles. The molecule has 0 radical (unpaired) electrons. The molecule has 1 aromatic rings. The summed E-state index contributed by atoms with van der Waals surface area (Å²) in [5.41, 5.74) is 1.75. The van der Waals surface area contributed by atoms with Crippen molar-refractivity contribution in [1.82, 2.24) is 10.2 Å². The highest BCUT2D eigenvalue weighted by atomic mass is 79.9. The van der Waals surface area contributed by atoms with Crippen molar-refractivity contribution in [3.05, 3.63) is 33.3 Å². The van der Waals surface area contributed by atoms with E-state index in [1.54, 1.807) is 0 Å². The van der Waals surface area contributed by atoms with E-state index >= 15 is 0 Å². The molecule has 2 fully saturated rings. The summed E-state index contributed by atoms with van der Waals surface area (Å²) in [5, 5.41) is 4.40. The van der Waals surface area contributed by atoms with Gasteiger partial charge in [0.1, 0.15) is 0 Å². The summed E-state index contributed by atoms with van der Waals surface area (Å²) in [6.07, 6.45) is 6.84. The third-order valence-corrected chi connectivity index (χ3v) is 6.04. The molecule has 1 saturated heterocycles. The second-order valence-electron chi connectivity index (χ2n) is 6.13. The Morgan fingerprint density at radius 1 is 1.25 bits per heavy atom. The van der Waals surface area contributed by atoms with E-state index in [1.807, 2.05) is 6.07 Å². The number of nitrogens with zero attached hydrogens (tertiary/aromatic N) is 1. The van der Waals surface area contributed by atoms with E-state index in [2.05, 4.69) is 38.3 Å². The van der Waals surface area contributed by atoms with E-state index in [0.717, 1.165) is 35.7 Å². The molecule has 3 rings (SSSR count). The van der Waals surface area contributed by atoms with Crippen molar-refractivity contribution in [2.75, 3.05) is 19.6 Å². The van der Waals surface area contributed by atoms with Crippen molar-refractivity contribution in [1.29, 1.82) is 0 Å². The topological polar surface area (TPSA) is 15.3 Å². The normalized spacial score (nSPS) is 23.1. The molecule has 0 unspecified atom stereocenters. The van der Waals surface area contributed by atoms with Crippen LogP contribution in [0.15, 0.2) is 22.7 Å². The number of piperazine rings is 1. The molecule has 1 spiro atoms. The van der Waals surface area contributed by atoms with Crippen molar-refractivity contribution < 1.29 is 0 Å². The molecule has 110 valence electrons. The van der Waals surface area contributed by atoms with Crippen LogP contribution in [0.4, 0.5) is 0 Å². The lowest BCUT2D eigenvalue weighted by atomic mass is 9.79. The third-order valence-electron chi connectivity index (χ3n) is 4.83. The fraction of sp³-hybridized carbons (Fsp3) is 0.625. The van der Waals surface area contributed by atoms with Gasteiger partial charge in [-0.15, -0.1) is 0 Å². The van der Waals surface area contributed by atoms with Crippen LogP contribution in [0.1, 0.15) is 37.7 Å². The minimum absolute atomic E-state index is 0.391. The van der Waals surface area contributed by atoms with Crippen molar-refractivity contribution in [3.63, 3.8) is 0 Å². The first-order chi connectivity index (χ1) is 9.70. The Morgan fingerprint density at radius 2 is 2.05 bits per heavy atom. The zero-order valence-electron chi connectivity index (χ0n) is 11.8. The average molecular weight is 358 g/mol. The Kier molecular flexibility index (Phi) is 4.71. The van der Waals surface area contributed by atoms with Gasteiger partial charge in [-0.2, -0.15) is 0 Å². The number of hydrogen-bond donors (Lipinski definition) is 1. The maximum atomic E-state index is 6.10. The summed E-state index contributed by atoms with van der Waals surface area (Å²) in [5.74, 6) is 0. The van der Waals surface area contributed by atoms with E-state index in [0.29, 0.717) is 5.54 Å². The average Bonchev–Trinajstić information content (AvgIpc) is 2.47. The van der Waals surface area contributed by atoms with Crippen molar-refractivity contribution in [2.45, 2.75) is 44.2 Å². The van der Waals surface area contributed by atoms with Crippen molar-refractivity contribution in [2.24, 2.45) is 0 Å². The molecule has 0 atom stereocenters. The van der Waals surface area contributed by atoms with Crippen molar-refractivity contribution >= 4 is 27.5 Å². The van der Waals surface area contributed by atoms with E-state index in [4.69, 9.17) is 11.6 Å². The van der Waals surface area contributed by atoms with Crippen LogP contribution in [0.2, 0.25) is 5.02 Å². The van der Waals surface area contributed by atoms with Gasteiger partial charge in [0.2, 0.25) is 0 Å². The van der Waals surface area contributed by atoms with Crippen LogP contribution in [-0.2, 0) is 6.54 Å². The lowest BCUT2D eigenvalue weighted by Crippen LogP contribution is -2.61. The van der Waals surface area contributed by atoms with Gasteiger partial charge in [0.25, 0.3) is 0 Å². The van der Waals surface area contributed by atoms with Crippen LogP contribution in [0.25, 0.3) is 0 Å². The summed E-state index contributed by atoms with van der Waals surface area (Å²) in [6.45, 7) is 4.45. The lowest BCUT2D eigenvalue weighted by Gasteiger charge is -2.50. The molecule has 1 saturated carbocycles. The maximum Gasteiger partial charge on any atom is 0.0548 e. The Balaban J connectivity index is 1.77. The van der Waals surface area contributed by atoms with E-state index in [-0.39, 0.29) is 0 Å². The summed E-state index contributed by atoms with van der Waals surface area (Å²) >= 11 is 9.63. The molecule has 4 heteroatoms. The summed E-state index contributed by atoms with van der Waals surface area (Å²) in [4.78, 5) is 2.71. The Morgan fingerprint density at radius 3 is 2.80 bits per heavy atom. The summed E-state index contributed by atoms with van der Waals surface area (Å²) < 4.78 is 1.00. The molecular formula is C16H22BrClN2. The van der Waals surface area contributed by atoms with Gasteiger partial charge >= 0.3 is 0 Å². The summed E-state index contributed by atoms with van der Waals surface area (Å²) in [6, 6.07) is 6.32. The van der Waals surface area contributed by atoms with Gasteiger partial charge in [0.05, 0.1) is 5.02 Å². The van der Waals surface area contributed by atoms with Gasteiger partial charge in [-0.3, -0.25) is 4.90 Å². The molecule has 0 aromatic heterocycles. The molecule has 1 aromatic carbocycles. The number of rotatable bonds is 2. The quantitative estimate of drug-likeness (QED) is 0.853. The predicted molar refractivity (Wildman–Crippen MR) is 88.2 cm³/mol. The Hall–Kier alpha value is -0.0900. The standard InChI is InChI=1S/C16H22BrClN2/c17-14-10-13(4-5-15(14)18)11-20-9-8-19-12-16(20)6-2-1-3-7-16/h4-5,10,19H,1-3,6-9,11-12H2. The fourth-order valence-electron chi connectivity index (χ4n) is 3.69. The maximum absolute atomic E-state index is 6.10. The lowest BCUT2D eigenvalue weighted by molar-refractivity contribution is 0.0209. The number of halogens is 2. The van der Waals surface area contributed by atoms with Gasteiger partial charge in [-0.25, -0.2) is 0 Å². The second-order valence-corrected chi connectivity index (χ2v) is 7.39. The van der Waals surface area contributed by atoms with Crippen LogP contribution < -0.4 is 5.32 Å². The molecule has 2 aliphatic rings. The molecule has 1 aliphatic carbocycles. The summed E-state index contributed by atoms with van der Waals surface area (Å²) in [7, 11) is 0. The van der Waals surface area contributed by atoms with E-state index in [1.165, 1.54) is 37.7 Å². The molecule has 1 N–H and O–H groups in total. The molecular weight excluding hydrogens is 336 g/mol.